The lowest BCUT2D eigenvalue weighted by Gasteiger charge is -2.13. The minimum atomic E-state index is -0.486. The Morgan fingerprint density at radius 2 is 1.81 bits per heavy atom. The summed E-state index contributed by atoms with van der Waals surface area (Å²) >= 11 is 0. The summed E-state index contributed by atoms with van der Waals surface area (Å²) in [4.78, 5) is 31.9. The summed E-state index contributed by atoms with van der Waals surface area (Å²) in [6, 6.07) is 11.0. The second-order valence-electron chi connectivity index (χ2n) is 8.00. The number of aromatic nitrogens is 6. The van der Waals surface area contributed by atoms with E-state index < -0.39 is 10.8 Å². The minimum Gasteiger partial charge on any atom is -0.305 e. The monoisotopic (exact) mass is 432 g/mol. The molecule has 0 aliphatic heterocycles. The average molecular weight is 432 g/mol. The zero-order valence-electron chi connectivity index (χ0n) is 17.6. The van der Waals surface area contributed by atoms with E-state index in [1.807, 2.05) is 20.8 Å². The predicted octanol–water partition coefficient (Wildman–Crippen LogP) is 3.31. The van der Waals surface area contributed by atoms with Crippen molar-refractivity contribution in [3.8, 4) is 11.6 Å². The number of nitrogens with zero attached hydrogens (tertiary/aromatic N) is 7. The van der Waals surface area contributed by atoms with Crippen molar-refractivity contribution in [2.24, 2.45) is 0 Å². The third-order valence-corrected chi connectivity index (χ3v) is 4.59. The Balaban J connectivity index is 1.63. The Labute approximate surface area is 182 Å². The maximum Gasteiger partial charge on any atom is 0.277 e. The third-order valence-electron chi connectivity index (χ3n) is 4.59. The molecule has 0 spiro atoms. The number of hydrogen-bond acceptors (Lipinski definition) is 7. The van der Waals surface area contributed by atoms with Gasteiger partial charge < -0.3 is 5.32 Å². The fourth-order valence-corrected chi connectivity index (χ4v) is 2.91. The Kier molecular flexibility index (Phi) is 5.23. The van der Waals surface area contributed by atoms with Crippen LogP contribution in [-0.2, 0) is 5.41 Å². The number of benzene rings is 1. The number of non-ortho nitro benzene ring substituents is 1. The molecule has 0 unspecified atom stereocenters. The van der Waals surface area contributed by atoms with Crippen LogP contribution in [0.5, 0.6) is 0 Å². The van der Waals surface area contributed by atoms with Gasteiger partial charge in [-0.3, -0.25) is 14.9 Å². The molecule has 11 heteroatoms. The van der Waals surface area contributed by atoms with Crippen LogP contribution < -0.4 is 5.32 Å². The lowest BCUT2D eigenvalue weighted by Crippen LogP contribution is -2.17. The summed E-state index contributed by atoms with van der Waals surface area (Å²) in [6.07, 6.45) is 4.74. The molecule has 3 heterocycles. The van der Waals surface area contributed by atoms with E-state index in [1.165, 1.54) is 27.6 Å². The van der Waals surface area contributed by atoms with Crippen LogP contribution in [0.1, 0.15) is 37.0 Å². The number of amides is 1. The van der Waals surface area contributed by atoms with Gasteiger partial charge in [-0.1, -0.05) is 26.8 Å². The molecule has 0 fully saturated rings. The lowest BCUT2D eigenvalue weighted by atomic mass is 9.92. The fourth-order valence-electron chi connectivity index (χ4n) is 2.91. The van der Waals surface area contributed by atoms with E-state index >= 15 is 0 Å². The number of nitrogens with one attached hydrogen (secondary N) is 1. The van der Waals surface area contributed by atoms with Crippen molar-refractivity contribution in [3.05, 3.63) is 82.6 Å². The first kappa shape index (κ1) is 20.8. The molecule has 4 aromatic rings. The standard InChI is InChI=1S/C21H20N8O3/c1-21(2,3)17-13-18(28(26-17)20-22-9-5-10-23-20)24-19(30)16-8-11-27(25-16)14-6-4-7-15(12-14)29(31)32/h4-13H,1-3H3,(H,24,30). The summed E-state index contributed by atoms with van der Waals surface area (Å²) in [5, 5.41) is 22.6. The first-order valence-corrected chi connectivity index (χ1v) is 9.72. The molecule has 0 atom stereocenters. The SMILES string of the molecule is CC(C)(C)c1cc(NC(=O)c2ccn(-c3cccc([N+](=O)[O-])c3)n2)n(-c2ncccn2)n1. The van der Waals surface area contributed by atoms with E-state index in [2.05, 4.69) is 25.5 Å². The normalized spacial score (nSPS) is 11.3. The lowest BCUT2D eigenvalue weighted by molar-refractivity contribution is -0.384. The number of nitro groups is 1. The van der Waals surface area contributed by atoms with Crippen LogP contribution in [0.3, 0.4) is 0 Å². The van der Waals surface area contributed by atoms with E-state index in [9.17, 15) is 14.9 Å². The van der Waals surface area contributed by atoms with Crippen LogP contribution in [0.15, 0.2) is 61.1 Å². The fraction of sp³-hybridized carbons (Fsp3) is 0.190. The van der Waals surface area contributed by atoms with E-state index in [0.29, 0.717) is 17.5 Å². The molecule has 4 rings (SSSR count). The van der Waals surface area contributed by atoms with E-state index in [1.54, 1.807) is 42.9 Å². The van der Waals surface area contributed by atoms with Gasteiger partial charge in [0.1, 0.15) is 5.82 Å². The Morgan fingerprint density at radius 3 is 2.50 bits per heavy atom. The second kappa shape index (κ2) is 8.02. The number of carbonyl (C=O) groups excluding carboxylic acids is 1. The van der Waals surface area contributed by atoms with Gasteiger partial charge in [0.15, 0.2) is 5.69 Å². The molecule has 0 aliphatic rings. The molecule has 1 amide bonds. The summed E-state index contributed by atoms with van der Waals surface area (Å²) in [6.45, 7) is 6.04. The van der Waals surface area contributed by atoms with Crippen LogP contribution in [0, 0.1) is 10.1 Å². The third kappa shape index (κ3) is 4.21. The van der Waals surface area contributed by atoms with E-state index in [-0.39, 0.29) is 16.8 Å². The molecule has 1 aromatic carbocycles. The highest BCUT2D eigenvalue weighted by Gasteiger charge is 2.23. The summed E-state index contributed by atoms with van der Waals surface area (Å²) < 4.78 is 2.87. The largest absolute Gasteiger partial charge is 0.305 e. The molecule has 0 saturated heterocycles. The minimum absolute atomic E-state index is 0.0644. The van der Waals surface area contributed by atoms with Crippen LogP contribution in [0.4, 0.5) is 11.5 Å². The highest BCUT2D eigenvalue weighted by atomic mass is 16.6. The highest BCUT2D eigenvalue weighted by Crippen LogP contribution is 2.25. The van der Waals surface area contributed by atoms with Crippen LogP contribution >= 0.6 is 0 Å². The topological polar surface area (TPSA) is 134 Å². The Hall–Kier alpha value is -4.41. The van der Waals surface area contributed by atoms with Gasteiger partial charge in [0.25, 0.3) is 17.5 Å². The van der Waals surface area contributed by atoms with Gasteiger partial charge in [0.2, 0.25) is 0 Å². The smallest absolute Gasteiger partial charge is 0.277 e. The summed E-state index contributed by atoms with van der Waals surface area (Å²) in [5.74, 6) is 0.253. The average Bonchev–Trinajstić information content (AvgIpc) is 3.42. The van der Waals surface area contributed by atoms with Crippen molar-refractivity contribution in [2.45, 2.75) is 26.2 Å². The second-order valence-corrected chi connectivity index (χ2v) is 8.00. The maximum absolute atomic E-state index is 12.9. The molecule has 3 aromatic heterocycles. The molecule has 0 bridgehead atoms. The number of carbonyl (C=O) groups is 1. The zero-order chi connectivity index (χ0) is 22.9. The maximum atomic E-state index is 12.9. The van der Waals surface area contributed by atoms with E-state index in [0.717, 1.165) is 5.69 Å². The Morgan fingerprint density at radius 1 is 1.06 bits per heavy atom. The number of nitro benzene ring substituents is 1. The van der Waals surface area contributed by atoms with Crippen molar-refractivity contribution in [1.82, 2.24) is 29.5 Å². The molecular formula is C21H20N8O3. The van der Waals surface area contributed by atoms with Crippen molar-refractivity contribution in [2.75, 3.05) is 5.32 Å². The van der Waals surface area contributed by atoms with Crippen molar-refractivity contribution < 1.29 is 9.72 Å². The van der Waals surface area contributed by atoms with Gasteiger partial charge in [0, 0.05) is 42.2 Å². The zero-order valence-corrected chi connectivity index (χ0v) is 17.6. The molecule has 0 saturated carbocycles. The molecule has 32 heavy (non-hydrogen) atoms. The van der Waals surface area contributed by atoms with Gasteiger partial charge in [-0.15, -0.1) is 0 Å². The highest BCUT2D eigenvalue weighted by molar-refractivity contribution is 6.02. The number of anilines is 1. The van der Waals surface area contributed by atoms with Crippen LogP contribution in [-0.4, -0.2) is 40.4 Å². The number of hydrogen-bond donors (Lipinski definition) is 1. The quantitative estimate of drug-likeness (QED) is 0.378. The van der Waals surface area contributed by atoms with Crippen molar-refractivity contribution in [1.29, 1.82) is 0 Å². The molecular weight excluding hydrogens is 412 g/mol. The predicted molar refractivity (Wildman–Crippen MR) is 116 cm³/mol. The van der Waals surface area contributed by atoms with Crippen LogP contribution in [0.2, 0.25) is 0 Å². The Bertz CT molecular complexity index is 1290. The first-order chi connectivity index (χ1) is 15.2. The van der Waals surface area contributed by atoms with Gasteiger partial charge in [0.05, 0.1) is 16.3 Å². The molecule has 1 N–H and O–H groups in total. The van der Waals surface area contributed by atoms with Crippen LogP contribution in [0.25, 0.3) is 11.6 Å². The summed E-state index contributed by atoms with van der Waals surface area (Å²) in [5.41, 5.74) is 1.03. The first-order valence-electron chi connectivity index (χ1n) is 9.72. The van der Waals surface area contributed by atoms with Crippen molar-refractivity contribution >= 4 is 17.4 Å². The van der Waals surface area contributed by atoms with Gasteiger partial charge in [-0.2, -0.15) is 14.9 Å². The van der Waals surface area contributed by atoms with Gasteiger partial charge in [-0.05, 0) is 18.2 Å². The molecule has 0 aliphatic carbocycles. The van der Waals surface area contributed by atoms with Gasteiger partial charge in [-0.25, -0.2) is 14.6 Å². The van der Waals surface area contributed by atoms with Crippen molar-refractivity contribution in [3.63, 3.8) is 0 Å². The summed E-state index contributed by atoms with van der Waals surface area (Å²) in [7, 11) is 0. The van der Waals surface area contributed by atoms with E-state index in [4.69, 9.17) is 0 Å². The molecule has 11 nitrogen and oxygen atoms in total. The number of rotatable bonds is 5. The van der Waals surface area contributed by atoms with Gasteiger partial charge >= 0.3 is 0 Å². The molecule has 162 valence electrons. The molecule has 0 radical (unpaired) electrons.